The highest BCUT2D eigenvalue weighted by molar-refractivity contribution is 5.32. The lowest BCUT2D eigenvalue weighted by molar-refractivity contribution is 0.108. The zero-order valence-electron chi connectivity index (χ0n) is 11.2. The summed E-state index contributed by atoms with van der Waals surface area (Å²) in [5, 5.41) is 10.1. The van der Waals surface area contributed by atoms with E-state index in [1.807, 2.05) is 55.5 Å². The Hall–Kier alpha value is -2.00. The van der Waals surface area contributed by atoms with Crippen LogP contribution in [0.2, 0.25) is 0 Å². The molecular weight excluding hydrogens is 240 g/mol. The molecule has 0 fully saturated rings. The SMILES string of the molecule is COc1ccc(C(O)COc2ccccc2C)cc1. The van der Waals surface area contributed by atoms with Crippen LogP contribution in [0.4, 0.5) is 0 Å². The molecule has 0 saturated heterocycles. The smallest absolute Gasteiger partial charge is 0.122 e. The van der Waals surface area contributed by atoms with Gasteiger partial charge >= 0.3 is 0 Å². The average molecular weight is 258 g/mol. The van der Waals surface area contributed by atoms with E-state index in [4.69, 9.17) is 9.47 Å². The van der Waals surface area contributed by atoms with Crippen LogP contribution in [0.15, 0.2) is 48.5 Å². The number of ether oxygens (including phenoxy) is 2. The number of aryl methyl sites for hydroxylation is 1. The largest absolute Gasteiger partial charge is 0.497 e. The van der Waals surface area contributed by atoms with E-state index in [0.717, 1.165) is 22.6 Å². The van der Waals surface area contributed by atoms with Crippen LogP contribution < -0.4 is 9.47 Å². The van der Waals surface area contributed by atoms with Gasteiger partial charge in [-0.15, -0.1) is 0 Å². The molecule has 2 rings (SSSR count). The van der Waals surface area contributed by atoms with Crippen LogP contribution >= 0.6 is 0 Å². The lowest BCUT2D eigenvalue weighted by Gasteiger charge is -2.14. The van der Waals surface area contributed by atoms with Crippen molar-refractivity contribution in [3.63, 3.8) is 0 Å². The number of benzene rings is 2. The molecule has 0 amide bonds. The Morgan fingerprint density at radius 2 is 1.74 bits per heavy atom. The lowest BCUT2D eigenvalue weighted by Crippen LogP contribution is -2.10. The third-order valence-corrected chi connectivity index (χ3v) is 2.99. The van der Waals surface area contributed by atoms with Gasteiger partial charge in [0.25, 0.3) is 0 Å². The minimum atomic E-state index is -0.648. The summed E-state index contributed by atoms with van der Waals surface area (Å²) in [7, 11) is 1.62. The fraction of sp³-hybridized carbons (Fsp3) is 0.250. The van der Waals surface area contributed by atoms with E-state index in [1.54, 1.807) is 7.11 Å². The molecule has 1 unspecified atom stereocenters. The first-order valence-electron chi connectivity index (χ1n) is 6.21. The summed E-state index contributed by atoms with van der Waals surface area (Å²) in [6.07, 6.45) is -0.648. The predicted octanol–water partition coefficient (Wildman–Crippen LogP) is 3.12. The highest BCUT2D eigenvalue weighted by Crippen LogP contribution is 2.21. The Morgan fingerprint density at radius 1 is 1.05 bits per heavy atom. The van der Waals surface area contributed by atoms with Crippen LogP contribution in [0, 0.1) is 6.92 Å². The van der Waals surface area contributed by atoms with E-state index in [2.05, 4.69) is 0 Å². The summed E-state index contributed by atoms with van der Waals surface area (Å²) >= 11 is 0. The topological polar surface area (TPSA) is 38.7 Å². The van der Waals surface area contributed by atoms with Gasteiger partial charge in [-0.2, -0.15) is 0 Å². The van der Waals surface area contributed by atoms with Crippen molar-refractivity contribution in [2.24, 2.45) is 0 Å². The van der Waals surface area contributed by atoms with Crippen molar-refractivity contribution in [1.29, 1.82) is 0 Å². The standard InChI is InChI=1S/C16H18O3/c1-12-5-3-4-6-16(12)19-11-15(17)13-7-9-14(18-2)10-8-13/h3-10,15,17H,11H2,1-2H3. The van der Waals surface area contributed by atoms with Gasteiger partial charge in [-0.25, -0.2) is 0 Å². The summed E-state index contributed by atoms with van der Waals surface area (Å²) in [4.78, 5) is 0. The monoisotopic (exact) mass is 258 g/mol. The van der Waals surface area contributed by atoms with Gasteiger partial charge in [0.05, 0.1) is 7.11 Å². The van der Waals surface area contributed by atoms with Crippen LogP contribution in [0.3, 0.4) is 0 Å². The first-order chi connectivity index (χ1) is 9.20. The second kappa shape index (κ2) is 6.25. The van der Waals surface area contributed by atoms with Crippen LogP contribution in [-0.2, 0) is 0 Å². The third-order valence-electron chi connectivity index (χ3n) is 2.99. The number of methoxy groups -OCH3 is 1. The molecule has 0 aliphatic rings. The predicted molar refractivity (Wildman–Crippen MR) is 74.6 cm³/mol. The third kappa shape index (κ3) is 3.48. The van der Waals surface area contributed by atoms with E-state index in [9.17, 15) is 5.11 Å². The van der Waals surface area contributed by atoms with Gasteiger partial charge in [-0.05, 0) is 36.2 Å². The Labute approximate surface area is 113 Å². The van der Waals surface area contributed by atoms with Gasteiger partial charge in [0, 0.05) is 0 Å². The van der Waals surface area contributed by atoms with Crippen LogP contribution in [0.5, 0.6) is 11.5 Å². The van der Waals surface area contributed by atoms with Gasteiger partial charge in [0.1, 0.15) is 24.2 Å². The van der Waals surface area contributed by atoms with Crippen molar-refractivity contribution in [3.8, 4) is 11.5 Å². The summed E-state index contributed by atoms with van der Waals surface area (Å²) in [6, 6.07) is 15.1. The lowest BCUT2D eigenvalue weighted by atomic mass is 10.1. The zero-order chi connectivity index (χ0) is 13.7. The first-order valence-corrected chi connectivity index (χ1v) is 6.21. The highest BCUT2D eigenvalue weighted by atomic mass is 16.5. The van der Waals surface area contributed by atoms with Gasteiger partial charge in [-0.1, -0.05) is 30.3 Å². The zero-order valence-corrected chi connectivity index (χ0v) is 11.2. The number of para-hydroxylation sites is 1. The molecular formula is C16H18O3. The number of aliphatic hydroxyl groups is 1. The van der Waals surface area contributed by atoms with E-state index in [0.29, 0.717) is 0 Å². The Kier molecular flexibility index (Phi) is 4.42. The van der Waals surface area contributed by atoms with Gasteiger partial charge < -0.3 is 14.6 Å². The molecule has 1 atom stereocenters. The van der Waals surface area contributed by atoms with Crippen molar-refractivity contribution < 1.29 is 14.6 Å². The molecule has 0 aliphatic carbocycles. The molecule has 0 aromatic heterocycles. The molecule has 2 aromatic carbocycles. The van der Waals surface area contributed by atoms with Crippen molar-refractivity contribution in [2.75, 3.05) is 13.7 Å². The molecule has 1 N–H and O–H groups in total. The van der Waals surface area contributed by atoms with Crippen molar-refractivity contribution >= 4 is 0 Å². The van der Waals surface area contributed by atoms with E-state index < -0.39 is 6.10 Å². The molecule has 0 spiro atoms. The number of rotatable bonds is 5. The van der Waals surface area contributed by atoms with E-state index in [-0.39, 0.29) is 6.61 Å². The van der Waals surface area contributed by atoms with Gasteiger partial charge in [0.15, 0.2) is 0 Å². The van der Waals surface area contributed by atoms with Crippen molar-refractivity contribution in [1.82, 2.24) is 0 Å². The summed E-state index contributed by atoms with van der Waals surface area (Å²) in [5.41, 5.74) is 1.87. The number of aliphatic hydroxyl groups excluding tert-OH is 1. The van der Waals surface area contributed by atoms with Gasteiger partial charge in [-0.3, -0.25) is 0 Å². The van der Waals surface area contributed by atoms with Crippen LogP contribution in [-0.4, -0.2) is 18.8 Å². The Balaban J connectivity index is 1.97. The molecule has 0 saturated carbocycles. The van der Waals surface area contributed by atoms with Crippen molar-refractivity contribution in [2.45, 2.75) is 13.0 Å². The fourth-order valence-corrected chi connectivity index (χ4v) is 1.81. The Bertz CT molecular complexity index is 520. The molecule has 0 radical (unpaired) electrons. The van der Waals surface area contributed by atoms with E-state index in [1.165, 1.54) is 0 Å². The maximum absolute atomic E-state index is 10.1. The molecule has 2 aromatic rings. The Morgan fingerprint density at radius 3 is 2.37 bits per heavy atom. The second-order valence-electron chi connectivity index (χ2n) is 4.37. The summed E-state index contributed by atoms with van der Waals surface area (Å²) in [5.74, 6) is 1.57. The van der Waals surface area contributed by atoms with Crippen LogP contribution in [0.25, 0.3) is 0 Å². The second-order valence-corrected chi connectivity index (χ2v) is 4.37. The number of hydrogen-bond donors (Lipinski definition) is 1. The fourth-order valence-electron chi connectivity index (χ4n) is 1.81. The minimum absolute atomic E-state index is 0.233. The molecule has 3 heteroatoms. The number of hydrogen-bond acceptors (Lipinski definition) is 3. The molecule has 0 bridgehead atoms. The molecule has 0 aliphatic heterocycles. The molecule has 19 heavy (non-hydrogen) atoms. The normalized spacial score (nSPS) is 11.9. The highest BCUT2D eigenvalue weighted by Gasteiger charge is 2.09. The quantitative estimate of drug-likeness (QED) is 0.895. The average Bonchev–Trinajstić information content (AvgIpc) is 2.46. The van der Waals surface area contributed by atoms with Crippen LogP contribution in [0.1, 0.15) is 17.2 Å². The maximum atomic E-state index is 10.1. The summed E-state index contributed by atoms with van der Waals surface area (Å²) in [6.45, 7) is 2.21. The maximum Gasteiger partial charge on any atom is 0.122 e. The minimum Gasteiger partial charge on any atom is -0.497 e. The molecule has 3 nitrogen and oxygen atoms in total. The van der Waals surface area contributed by atoms with E-state index >= 15 is 0 Å². The summed E-state index contributed by atoms with van der Waals surface area (Å²) < 4.78 is 10.7. The molecule has 0 heterocycles. The van der Waals surface area contributed by atoms with Gasteiger partial charge in [0.2, 0.25) is 0 Å². The van der Waals surface area contributed by atoms with Crippen molar-refractivity contribution in [3.05, 3.63) is 59.7 Å². The first kappa shape index (κ1) is 13.4. The molecule has 100 valence electrons.